The summed E-state index contributed by atoms with van der Waals surface area (Å²) in [5.41, 5.74) is 1.39. The molecule has 9 nitrogen and oxygen atoms in total. The lowest BCUT2D eigenvalue weighted by Crippen LogP contribution is -2.52. The van der Waals surface area contributed by atoms with Gasteiger partial charge < -0.3 is 20.2 Å². The molecular weight excluding hydrogens is 515 g/mol. The van der Waals surface area contributed by atoms with Crippen LogP contribution in [-0.2, 0) is 9.59 Å². The van der Waals surface area contributed by atoms with Gasteiger partial charge in [-0.05, 0) is 42.9 Å². The van der Waals surface area contributed by atoms with Crippen molar-refractivity contribution in [2.75, 3.05) is 24.5 Å². The first-order valence-electron chi connectivity index (χ1n) is 12.9. The summed E-state index contributed by atoms with van der Waals surface area (Å²) in [5.74, 6) is -0.0393. The number of likely N-dealkylation sites (tertiary alicyclic amines) is 1. The molecule has 1 aromatic carbocycles. The first-order chi connectivity index (χ1) is 17.5. The number of aromatic nitrogens is 3. The van der Waals surface area contributed by atoms with E-state index in [0.29, 0.717) is 22.5 Å². The summed E-state index contributed by atoms with van der Waals surface area (Å²) in [5, 5.41) is 23.2. The fourth-order valence-corrected chi connectivity index (χ4v) is 5.71. The Labute approximate surface area is 227 Å². The Morgan fingerprint density at radius 3 is 2.57 bits per heavy atom. The summed E-state index contributed by atoms with van der Waals surface area (Å²) >= 11 is 12.2. The van der Waals surface area contributed by atoms with E-state index in [1.807, 2.05) is 39.1 Å². The minimum atomic E-state index is -0.755. The summed E-state index contributed by atoms with van der Waals surface area (Å²) in [6, 6.07) is 4.06. The van der Waals surface area contributed by atoms with Crippen molar-refractivity contribution in [2.45, 2.75) is 76.6 Å². The van der Waals surface area contributed by atoms with E-state index in [1.165, 1.54) is 4.90 Å². The van der Waals surface area contributed by atoms with Gasteiger partial charge in [-0.25, -0.2) is 4.68 Å². The van der Waals surface area contributed by atoms with Crippen LogP contribution in [0.2, 0.25) is 10.0 Å². The molecule has 1 unspecified atom stereocenters. The number of rotatable bonds is 6. The van der Waals surface area contributed by atoms with Gasteiger partial charge in [-0.15, -0.1) is 5.10 Å². The first kappa shape index (κ1) is 26.3. The molecule has 11 heteroatoms. The van der Waals surface area contributed by atoms with Crippen LogP contribution in [0.1, 0.15) is 64.1 Å². The number of benzene rings is 1. The number of aliphatic hydroxyl groups excluding tert-OH is 1. The highest BCUT2D eigenvalue weighted by atomic mass is 35.5. The van der Waals surface area contributed by atoms with E-state index in [0.717, 1.165) is 37.2 Å². The van der Waals surface area contributed by atoms with Crippen LogP contribution in [0.25, 0.3) is 0 Å². The predicted molar refractivity (Wildman–Crippen MR) is 142 cm³/mol. The van der Waals surface area contributed by atoms with Crippen LogP contribution in [0.5, 0.6) is 0 Å². The summed E-state index contributed by atoms with van der Waals surface area (Å²) < 4.78 is 1.64. The van der Waals surface area contributed by atoms with Crippen molar-refractivity contribution < 1.29 is 14.7 Å². The number of aliphatic hydroxyl groups is 1. The third-order valence-electron chi connectivity index (χ3n) is 7.51. The highest BCUT2D eigenvalue weighted by Gasteiger charge is 2.46. The largest absolute Gasteiger partial charge is 0.391 e. The molecule has 4 atom stereocenters. The summed E-state index contributed by atoms with van der Waals surface area (Å²) in [4.78, 5) is 31.0. The van der Waals surface area contributed by atoms with Gasteiger partial charge in [-0.3, -0.25) is 9.59 Å². The monoisotopic (exact) mass is 548 g/mol. The Morgan fingerprint density at radius 2 is 1.89 bits per heavy atom. The molecule has 3 heterocycles. The number of hydrogen-bond acceptors (Lipinski definition) is 6. The standard InChI is InChI=1S/C26H34Cl2N6O3/c1-26(2,3)23(34-14-21(30-31-34)15-4-5-15)25(37)33-13-18(35)11-22(33)24(36)29-16-8-9-32(12-16)17-6-7-19(27)20(28)10-17/h6-7,10,14-16,18,22-23,35H,4-5,8-9,11-13H2,1-3H3,(H,29,36)/t16?,18-,22+,23-/m1/s1. The molecule has 1 saturated carbocycles. The normalized spacial score (nSPS) is 25.0. The lowest BCUT2D eigenvalue weighted by Gasteiger charge is -2.34. The smallest absolute Gasteiger partial charge is 0.248 e. The van der Waals surface area contributed by atoms with Crippen molar-refractivity contribution in [3.63, 3.8) is 0 Å². The van der Waals surface area contributed by atoms with Crippen LogP contribution in [-0.4, -0.2) is 74.6 Å². The number of anilines is 1. The van der Waals surface area contributed by atoms with Gasteiger partial charge in [0.1, 0.15) is 12.1 Å². The number of hydrogen-bond donors (Lipinski definition) is 2. The Kier molecular flexibility index (Phi) is 7.15. The van der Waals surface area contributed by atoms with Crippen LogP contribution in [0, 0.1) is 5.41 Å². The first-order valence-corrected chi connectivity index (χ1v) is 13.7. The second-order valence-electron chi connectivity index (χ2n) is 11.6. The number of carbonyl (C=O) groups is 2. The Bertz CT molecular complexity index is 1180. The van der Waals surface area contributed by atoms with Crippen molar-refractivity contribution >= 4 is 40.7 Å². The van der Waals surface area contributed by atoms with Crippen molar-refractivity contribution in [1.29, 1.82) is 0 Å². The van der Waals surface area contributed by atoms with E-state index in [4.69, 9.17) is 23.2 Å². The Morgan fingerprint density at radius 1 is 1.14 bits per heavy atom. The summed E-state index contributed by atoms with van der Waals surface area (Å²) in [6.07, 6.45) is 4.27. The molecule has 2 saturated heterocycles. The molecule has 2 aromatic rings. The fraction of sp³-hybridized carbons (Fsp3) is 0.615. The molecule has 1 aromatic heterocycles. The number of carbonyl (C=O) groups excluding carboxylic acids is 2. The second kappa shape index (κ2) is 10.1. The fourth-order valence-electron chi connectivity index (χ4n) is 5.42. The number of amides is 2. The maximum atomic E-state index is 13.9. The lowest BCUT2D eigenvalue weighted by atomic mass is 9.85. The zero-order valence-electron chi connectivity index (χ0n) is 21.4. The molecule has 0 radical (unpaired) electrons. The maximum absolute atomic E-state index is 13.9. The van der Waals surface area contributed by atoms with Gasteiger partial charge >= 0.3 is 0 Å². The van der Waals surface area contributed by atoms with Gasteiger partial charge in [-0.2, -0.15) is 0 Å². The topological polar surface area (TPSA) is 104 Å². The third-order valence-corrected chi connectivity index (χ3v) is 8.25. The van der Waals surface area contributed by atoms with Gasteiger partial charge in [0, 0.05) is 49.9 Å². The van der Waals surface area contributed by atoms with Crippen LogP contribution < -0.4 is 10.2 Å². The molecule has 2 N–H and O–H groups in total. The van der Waals surface area contributed by atoms with Crippen LogP contribution in [0.3, 0.4) is 0 Å². The summed E-state index contributed by atoms with van der Waals surface area (Å²) in [7, 11) is 0. The van der Waals surface area contributed by atoms with Crippen LogP contribution in [0.4, 0.5) is 5.69 Å². The quantitative estimate of drug-likeness (QED) is 0.573. The maximum Gasteiger partial charge on any atom is 0.248 e. The van der Waals surface area contributed by atoms with E-state index >= 15 is 0 Å². The van der Waals surface area contributed by atoms with Crippen molar-refractivity contribution in [1.82, 2.24) is 25.2 Å². The highest BCUT2D eigenvalue weighted by molar-refractivity contribution is 6.42. The van der Waals surface area contributed by atoms with E-state index in [-0.39, 0.29) is 30.8 Å². The predicted octanol–water partition coefficient (Wildman–Crippen LogP) is 3.41. The Balaban J connectivity index is 1.28. The van der Waals surface area contributed by atoms with Crippen molar-refractivity contribution in [2.24, 2.45) is 5.41 Å². The van der Waals surface area contributed by atoms with Crippen LogP contribution in [0.15, 0.2) is 24.4 Å². The van der Waals surface area contributed by atoms with E-state index in [9.17, 15) is 14.7 Å². The zero-order chi connectivity index (χ0) is 26.5. The molecule has 3 fully saturated rings. The molecule has 0 bridgehead atoms. The van der Waals surface area contributed by atoms with Crippen molar-refractivity contribution in [3.8, 4) is 0 Å². The molecular formula is C26H34Cl2N6O3. The SMILES string of the molecule is CC(C)(C)[C@@H](C(=O)N1C[C@H](O)C[C@H]1C(=O)NC1CCN(c2ccc(Cl)c(Cl)c2)C1)n1cc(C2CC2)nn1. The van der Waals surface area contributed by atoms with Crippen LogP contribution >= 0.6 is 23.2 Å². The second-order valence-corrected chi connectivity index (χ2v) is 12.4. The number of nitrogens with zero attached hydrogens (tertiary/aromatic N) is 5. The van der Waals surface area contributed by atoms with E-state index in [1.54, 1.807) is 10.7 Å². The Hall–Kier alpha value is -2.36. The molecule has 2 aliphatic heterocycles. The minimum absolute atomic E-state index is 0.0773. The molecule has 5 rings (SSSR count). The molecule has 2 amide bonds. The highest BCUT2D eigenvalue weighted by Crippen LogP contribution is 2.40. The molecule has 37 heavy (non-hydrogen) atoms. The number of nitrogens with one attached hydrogen (secondary N) is 1. The van der Waals surface area contributed by atoms with Gasteiger partial charge in [0.05, 0.1) is 21.8 Å². The lowest BCUT2D eigenvalue weighted by molar-refractivity contribution is -0.144. The zero-order valence-corrected chi connectivity index (χ0v) is 22.9. The van der Waals surface area contributed by atoms with Gasteiger partial charge in [0.15, 0.2) is 0 Å². The average molecular weight is 550 g/mol. The minimum Gasteiger partial charge on any atom is -0.391 e. The van der Waals surface area contributed by atoms with Gasteiger partial charge in [0.2, 0.25) is 11.8 Å². The molecule has 3 aliphatic rings. The van der Waals surface area contributed by atoms with E-state index < -0.39 is 23.6 Å². The molecule has 0 spiro atoms. The number of halogens is 2. The average Bonchev–Trinajstić information content (AvgIpc) is 3.20. The van der Waals surface area contributed by atoms with Crippen molar-refractivity contribution in [3.05, 3.63) is 40.1 Å². The molecule has 1 aliphatic carbocycles. The number of β-amino-alcohol motifs (C(OH)–C–C–N with tert-alkyl or cyclic N) is 1. The molecule has 200 valence electrons. The van der Waals surface area contributed by atoms with Gasteiger partial charge in [-0.1, -0.05) is 49.2 Å². The van der Waals surface area contributed by atoms with E-state index in [2.05, 4.69) is 20.5 Å². The van der Waals surface area contributed by atoms with Gasteiger partial charge in [0.25, 0.3) is 0 Å². The summed E-state index contributed by atoms with van der Waals surface area (Å²) in [6.45, 7) is 7.44. The third kappa shape index (κ3) is 5.59.